The summed E-state index contributed by atoms with van der Waals surface area (Å²) in [5.41, 5.74) is 4.41. The molecule has 1 amide bonds. The smallest absolute Gasteiger partial charge is 0.240 e. The van der Waals surface area contributed by atoms with Gasteiger partial charge in [0.2, 0.25) is 15.9 Å². The summed E-state index contributed by atoms with van der Waals surface area (Å²) in [6.07, 6.45) is 3.04. The number of hydrogen-bond acceptors (Lipinski definition) is 3. The third kappa shape index (κ3) is 4.88. The fourth-order valence-electron chi connectivity index (χ4n) is 3.22. The average molecular weight is 399 g/mol. The highest BCUT2D eigenvalue weighted by Gasteiger charge is 2.19. The number of rotatable bonds is 6. The maximum absolute atomic E-state index is 12.4. The van der Waals surface area contributed by atoms with Crippen molar-refractivity contribution >= 4 is 21.5 Å². The van der Waals surface area contributed by atoms with Crippen molar-refractivity contribution in [2.45, 2.75) is 31.6 Å². The second-order valence-electron chi connectivity index (χ2n) is 7.08. The van der Waals surface area contributed by atoms with E-state index in [1.807, 2.05) is 32.0 Å². The molecule has 0 fully saturated rings. The summed E-state index contributed by atoms with van der Waals surface area (Å²) in [6, 6.07) is 15.2. The zero-order valence-corrected chi connectivity index (χ0v) is 17.1. The van der Waals surface area contributed by atoms with Crippen LogP contribution in [0.5, 0.6) is 0 Å². The highest BCUT2D eigenvalue weighted by Crippen LogP contribution is 2.22. The Hall–Kier alpha value is -2.44. The van der Waals surface area contributed by atoms with E-state index in [2.05, 4.69) is 22.9 Å². The zero-order valence-electron chi connectivity index (χ0n) is 16.3. The fraction of sp³-hybridized carbons (Fsp3) is 0.318. The summed E-state index contributed by atoms with van der Waals surface area (Å²) >= 11 is 0. The SMILES string of the molecule is Cc1ccc(S(=O)(=O)NCCC(=O)N2CC=C(c3ccccc3)CC2)cc1C. The van der Waals surface area contributed by atoms with Crippen molar-refractivity contribution in [1.82, 2.24) is 9.62 Å². The van der Waals surface area contributed by atoms with Gasteiger partial charge in [-0.3, -0.25) is 4.79 Å². The van der Waals surface area contributed by atoms with Crippen LogP contribution in [0.4, 0.5) is 0 Å². The van der Waals surface area contributed by atoms with Gasteiger partial charge in [-0.25, -0.2) is 13.1 Å². The first kappa shape index (κ1) is 20.3. The molecule has 6 heteroatoms. The predicted octanol–water partition coefficient (Wildman–Crippen LogP) is 3.29. The van der Waals surface area contributed by atoms with Crippen molar-refractivity contribution in [3.05, 3.63) is 71.3 Å². The highest BCUT2D eigenvalue weighted by atomic mass is 32.2. The van der Waals surface area contributed by atoms with E-state index in [0.29, 0.717) is 13.1 Å². The second kappa shape index (κ2) is 8.71. The molecule has 0 aromatic heterocycles. The normalized spacial score (nSPS) is 14.6. The molecule has 0 saturated carbocycles. The molecule has 1 aliphatic heterocycles. The van der Waals surface area contributed by atoms with Crippen molar-refractivity contribution in [1.29, 1.82) is 0 Å². The van der Waals surface area contributed by atoms with Gasteiger partial charge in [0.05, 0.1) is 4.90 Å². The molecule has 0 atom stereocenters. The molecule has 3 rings (SSSR count). The molecule has 0 spiro atoms. The minimum Gasteiger partial charge on any atom is -0.339 e. The molecule has 1 heterocycles. The monoisotopic (exact) mass is 398 g/mol. The highest BCUT2D eigenvalue weighted by molar-refractivity contribution is 7.89. The lowest BCUT2D eigenvalue weighted by molar-refractivity contribution is -0.130. The molecule has 0 bridgehead atoms. The lowest BCUT2D eigenvalue weighted by Crippen LogP contribution is -2.37. The molecule has 0 radical (unpaired) electrons. The molecular formula is C22H26N2O3S. The third-order valence-corrected chi connectivity index (χ3v) is 6.58. The van der Waals surface area contributed by atoms with Crippen LogP contribution in [-0.2, 0) is 14.8 Å². The Kier molecular flexibility index (Phi) is 6.31. The van der Waals surface area contributed by atoms with Crippen LogP contribution in [0.2, 0.25) is 0 Å². The van der Waals surface area contributed by atoms with E-state index in [9.17, 15) is 13.2 Å². The molecule has 28 heavy (non-hydrogen) atoms. The van der Waals surface area contributed by atoms with Crippen LogP contribution in [0, 0.1) is 13.8 Å². The van der Waals surface area contributed by atoms with Crippen LogP contribution in [0.15, 0.2) is 59.5 Å². The second-order valence-corrected chi connectivity index (χ2v) is 8.85. The van der Waals surface area contributed by atoms with Crippen molar-refractivity contribution in [3.63, 3.8) is 0 Å². The molecule has 1 N–H and O–H groups in total. The van der Waals surface area contributed by atoms with Gasteiger partial charge in [0.1, 0.15) is 0 Å². The number of carbonyl (C=O) groups excluding carboxylic acids is 1. The number of benzene rings is 2. The lowest BCUT2D eigenvalue weighted by atomic mass is 9.99. The van der Waals surface area contributed by atoms with E-state index in [1.54, 1.807) is 23.1 Å². The summed E-state index contributed by atoms with van der Waals surface area (Å²) in [5.74, 6) is -0.0360. The van der Waals surface area contributed by atoms with E-state index in [4.69, 9.17) is 0 Å². The molecule has 5 nitrogen and oxygen atoms in total. The van der Waals surface area contributed by atoms with Crippen LogP contribution in [-0.4, -0.2) is 38.9 Å². The van der Waals surface area contributed by atoms with Crippen LogP contribution in [0.1, 0.15) is 29.5 Å². The Morgan fingerprint density at radius 3 is 2.46 bits per heavy atom. The summed E-state index contributed by atoms with van der Waals surface area (Å²) in [6.45, 7) is 5.13. The summed E-state index contributed by atoms with van der Waals surface area (Å²) < 4.78 is 27.4. The summed E-state index contributed by atoms with van der Waals surface area (Å²) in [5, 5.41) is 0. The first-order chi connectivity index (χ1) is 13.4. The number of nitrogens with one attached hydrogen (secondary N) is 1. The number of amides is 1. The average Bonchev–Trinajstić information content (AvgIpc) is 2.70. The molecule has 2 aromatic rings. The minimum atomic E-state index is -3.60. The molecule has 0 aliphatic carbocycles. The van der Waals surface area contributed by atoms with Gasteiger partial charge < -0.3 is 4.90 Å². The number of sulfonamides is 1. The predicted molar refractivity (Wildman–Crippen MR) is 111 cm³/mol. The van der Waals surface area contributed by atoms with E-state index in [-0.39, 0.29) is 23.8 Å². The van der Waals surface area contributed by atoms with Crippen LogP contribution < -0.4 is 4.72 Å². The van der Waals surface area contributed by atoms with Crippen LogP contribution >= 0.6 is 0 Å². The van der Waals surface area contributed by atoms with Gasteiger partial charge >= 0.3 is 0 Å². The Morgan fingerprint density at radius 2 is 1.82 bits per heavy atom. The van der Waals surface area contributed by atoms with E-state index in [1.165, 1.54) is 11.1 Å². The Morgan fingerprint density at radius 1 is 1.07 bits per heavy atom. The first-order valence-corrected chi connectivity index (χ1v) is 10.9. The van der Waals surface area contributed by atoms with E-state index < -0.39 is 10.0 Å². The van der Waals surface area contributed by atoms with Gasteiger partial charge in [-0.1, -0.05) is 42.5 Å². The quantitative estimate of drug-likeness (QED) is 0.812. The molecule has 2 aromatic carbocycles. The number of hydrogen-bond donors (Lipinski definition) is 1. The Balaban J connectivity index is 1.52. The van der Waals surface area contributed by atoms with Gasteiger partial charge in [0, 0.05) is 26.1 Å². The number of nitrogens with zero attached hydrogens (tertiary/aromatic N) is 1. The standard InChI is InChI=1S/C22H26N2O3S/c1-17-8-9-21(16-18(17)2)28(26,27)23-13-10-22(25)24-14-11-20(12-15-24)19-6-4-3-5-7-19/h3-9,11,16,23H,10,12-15H2,1-2H3. The molecule has 148 valence electrons. The summed E-state index contributed by atoms with van der Waals surface area (Å²) in [7, 11) is -3.60. The molecule has 0 saturated heterocycles. The van der Waals surface area contributed by atoms with Gasteiger partial charge in [-0.2, -0.15) is 0 Å². The first-order valence-electron chi connectivity index (χ1n) is 9.46. The minimum absolute atomic E-state index is 0.0360. The van der Waals surface area contributed by atoms with E-state index >= 15 is 0 Å². The third-order valence-electron chi connectivity index (χ3n) is 5.13. The maximum Gasteiger partial charge on any atom is 0.240 e. The van der Waals surface area contributed by atoms with Gasteiger partial charge in [0.25, 0.3) is 0 Å². The van der Waals surface area contributed by atoms with Crippen LogP contribution in [0.25, 0.3) is 5.57 Å². The topological polar surface area (TPSA) is 66.5 Å². The fourth-order valence-corrected chi connectivity index (χ4v) is 4.34. The Bertz CT molecular complexity index is 982. The van der Waals surface area contributed by atoms with Crippen LogP contribution in [0.3, 0.4) is 0 Å². The molecular weight excluding hydrogens is 372 g/mol. The van der Waals surface area contributed by atoms with Gasteiger partial charge in [0.15, 0.2) is 0 Å². The van der Waals surface area contributed by atoms with Gasteiger partial charge in [-0.15, -0.1) is 0 Å². The number of aryl methyl sites for hydroxylation is 2. The maximum atomic E-state index is 12.4. The zero-order chi connectivity index (χ0) is 20.1. The van der Waals surface area contributed by atoms with Crippen molar-refractivity contribution in [2.75, 3.05) is 19.6 Å². The van der Waals surface area contributed by atoms with Crippen molar-refractivity contribution in [2.24, 2.45) is 0 Å². The Labute approximate surface area is 167 Å². The summed E-state index contributed by atoms with van der Waals surface area (Å²) in [4.78, 5) is 14.4. The molecule has 0 unspecified atom stereocenters. The van der Waals surface area contributed by atoms with Crippen molar-refractivity contribution in [3.8, 4) is 0 Å². The largest absolute Gasteiger partial charge is 0.339 e. The van der Waals surface area contributed by atoms with Gasteiger partial charge in [-0.05, 0) is 54.7 Å². The number of carbonyl (C=O) groups is 1. The van der Waals surface area contributed by atoms with E-state index in [0.717, 1.165) is 17.5 Å². The lowest BCUT2D eigenvalue weighted by Gasteiger charge is -2.26. The molecule has 1 aliphatic rings. The van der Waals surface area contributed by atoms with Crippen molar-refractivity contribution < 1.29 is 13.2 Å².